The Morgan fingerprint density at radius 2 is 2.21 bits per heavy atom. The summed E-state index contributed by atoms with van der Waals surface area (Å²) in [5.74, 6) is 0.129. The Kier molecular flexibility index (Phi) is 4.61. The van der Waals surface area contributed by atoms with E-state index in [4.69, 9.17) is 11.6 Å². The van der Waals surface area contributed by atoms with Crippen LogP contribution in [-0.2, 0) is 11.2 Å². The van der Waals surface area contributed by atoms with Crippen molar-refractivity contribution in [2.24, 2.45) is 0 Å². The molecule has 0 aliphatic carbocycles. The van der Waals surface area contributed by atoms with Gasteiger partial charge in [-0.05, 0) is 47.0 Å². The van der Waals surface area contributed by atoms with Gasteiger partial charge >= 0.3 is 0 Å². The molecule has 0 N–H and O–H groups in total. The summed E-state index contributed by atoms with van der Waals surface area (Å²) in [6.07, 6.45) is 0.669. The molecule has 0 aromatic heterocycles. The van der Waals surface area contributed by atoms with Gasteiger partial charge in [0.05, 0.1) is 9.85 Å². The standard InChI is InChI=1S/C10H9Br2ClO/c1-6(14)9(12)4-7-2-3-8(11)10(13)5-7/h2-3,5,9H,4H2,1H3. The number of alkyl halides is 1. The fourth-order valence-corrected chi connectivity index (χ4v) is 1.84. The summed E-state index contributed by atoms with van der Waals surface area (Å²) < 4.78 is 0.872. The van der Waals surface area contributed by atoms with Crippen LogP contribution in [0.2, 0.25) is 5.02 Å². The second-order valence-corrected chi connectivity index (χ2v) is 5.40. The van der Waals surface area contributed by atoms with E-state index >= 15 is 0 Å². The minimum Gasteiger partial charge on any atom is -0.299 e. The van der Waals surface area contributed by atoms with Crippen molar-refractivity contribution in [2.75, 3.05) is 0 Å². The molecule has 0 aliphatic heterocycles. The molecule has 0 fully saturated rings. The van der Waals surface area contributed by atoms with Gasteiger partial charge in [-0.1, -0.05) is 33.6 Å². The van der Waals surface area contributed by atoms with Crippen LogP contribution in [0, 0.1) is 0 Å². The summed E-state index contributed by atoms with van der Waals surface area (Å²) >= 11 is 12.6. The zero-order valence-electron chi connectivity index (χ0n) is 7.56. The largest absolute Gasteiger partial charge is 0.299 e. The highest BCUT2D eigenvalue weighted by Crippen LogP contribution is 2.24. The Bertz CT molecular complexity index is 352. The van der Waals surface area contributed by atoms with Crippen molar-refractivity contribution in [3.05, 3.63) is 33.3 Å². The van der Waals surface area contributed by atoms with E-state index in [1.165, 1.54) is 0 Å². The molecule has 1 aromatic carbocycles. The van der Waals surface area contributed by atoms with Gasteiger partial charge in [0, 0.05) is 4.47 Å². The van der Waals surface area contributed by atoms with Crippen LogP contribution >= 0.6 is 43.5 Å². The Labute approximate surface area is 105 Å². The van der Waals surface area contributed by atoms with Crippen molar-refractivity contribution >= 4 is 49.2 Å². The first-order valence-electron chi connectivity index (χ1n) is 4.09. The minimum atomic E-state index is -0.125. The molecule has 0 saturated heterocycles. The Morgan fingerprint density at radius 1 is 1.57 bits per heavy atom. The highest BCUT2D eigenvalue weighted by molar-refractivity contribution is 9.10. The minimum absolute atomic E-state index is 0.125. The van der Waals surface area contributed by atoms with Crippen molar-refractivity contribution in [3.8, 4) is 0 Å². The van der Waals surface area contributed by atoms with Crippen LogP contribution < -0.4 is 0 Å². The first-order valence-corrected chi connectivity index (χ1v) is 6.18. The average Bonchev–Trinajstić information content (AvgIpc) is 2.11. The SMILES string of the molecule is CC(=O)C(Br)Cc1ccc(Br)c(Cl)c1. The third-order valence-electron chi connectivity index (χ3n) is 1.84. The lowest BCUT2D eigenvalue weighted by molar-refractivity contribution is -0.116. The van der Waals surface area contributed by atoms with Gasteiger partial charge < -0.3 is 0 Å². The highest BCUT2D eigenvalue weighted by atomic mass is 79.9. The molecular formula is C10H9Br2ClO. The zero-order chi connectivity index (χ0) is 10.7. The smallest absolute Gasteiger partial charge is 0.143 e. The number of hydrogen-bond acceptors (Lipinski definition) is 1. The van der Waals surface area contributed by atoms with Gasteiger partial charge in [0.2, 0.25) is 0 Å². The van der Waals surface area contributed by atoms with E-state index in [1.54, 1.807) is 6.92 Å². The molecule has 0 aliphatic rings. The fraction of sp³-hybridized carbons (Fsp3) is 0.300. The monoisotopic (exact) mass is 338 g/mol. The summed E-state index contributed by atoms with van der Waals surface area (Å²) in [6, 6.07) is 5.70. The Balaban J connectivity index is 2.78. The molecule has 1 unspecified atom stereocenters. The van der Waals surface area contributed by atoms with Crippen LogP contribution in [0.1, 0.15) is 12.5 Å². The van der Waals surface area contributed by atoms with Gasteiger partial charge in [-0.2, -0.15) is 0 Å². The predicted octanol–water partition coefficient (Wildman–Crippen LogP) is 4.00. The van der Waals surface area contributed by atoms with Crippen LogP contribution in [0.3, 0.4) is 0 Å². The molecule has 0 spiro atoms. The first-order chi connectivity index (χ1) is 6.50. The third kappa shape index (κ3) is 3.37. The maximum Gasteiger partial charge on any atom is 0.143 e. The van der Waals surface area contributed by atoms with Crippen LogP contribution in [-0.4, -0.2) is 10.6 Å². The fourth-order valence-electron chi connectivity index (χ4n) is 1.02. The molecule has 0 amide bonds. The maximum atomic E-state index is 11.0. The summed E-state index contributed by atoms with van der Waals surface area (Å²) in [5, 5.41) is 0.672. The molecule has 0 saturated carbocycles. The maximum absolute atomic E-state index is 11.0. The van der Waals surface area contributed by atoms with E-state index in [0.29, 0.717) is 11.4 Å². The third-order valence-corrected chi connectivity index (χ3v) is 4.04. The summed E-state index contributed by atoms with van der Waals surface area (Å²) in [4.78, 5) is 10.9. The van der Waals surface area contributed by atoms with Crippen molar-refractivity contribution in [1.29, 1.82) is 0 Å². The molecule has 0 radical (unpaired) electrons. The number of carbonyl (C=O) groups excluding carboxylic acids is 1. The highest BCUT2D eigenvalue weighted by Gasteiger charge is 2.10. The van der Waals surface area contributed by atoms with Gasteiger partial charge in [-0.3, -0.25) is 4.79 Å². The van der Waals surface area contributed by atoms with Crippen LogP contribution in [0.5, 0.6) is 0 Å². The lowest BCUT2D eigenvalue weighted by Crippen LogP contribution is -2.12. The Hall–Kier alpha value is 0.140. The quantitative estimate of drug-likeness (QED) is 0.760. The first kappa shape index (κ1) is 12.2. The van der Waals surface area contributed by atoms with Crippen LogP contribution in [0.25, 0.3) is 0 Å². The molecular weight excluding hydrogens is 331 g/mol. The lowest BCUT2D eigenvalue weighted by atomic mass is 10.1. The van der Waals surface area contributed by atoms with Gasteiger partial charge in [-0.25, -0.2) is 0 Å². The number of Topliss-reactive ketones (excluding diaryl/α,β-unsaturated/α-hetero) is 1. The Morgan fingerprint density at radius 3 is 2.71 bits per heavy atom. The molecule has 1 nitrogen and oxygen atoms in total. The molecule has 1 aromatic rings. The van der Waals surface area contributed by atoms with E-state index in [2.05, 4.69) is 31.9 Å². The second-order valence-electron chi connectivity index (χ2n) is 3.03. The molecule has 1 rings (SSSR count). The lowest BCUT2D eigenvalue weighted by Gasteiger charge is -2.06. The van der Waals surface area contributed by atoms with Gasteiger partial charge in [0.1, 0.15) is 5.78 Å². The number of ketones is 1. The second kappa shape index (κ2) is 5.29. The van der Waals surface area contributed by atoms with Crippen molar-refractivity contribution in [1.82, 2.24) is 0 Å². The number of carbonyl (C=O) groups is 1. The summed E-state index contributed by atoms with van der Waals surface area (Å²) in [7, 11) is 0. The molecule has 76 valence electrons. The van der Waals surface area contributed by atoms with E-state index in [9.17, 15) is 4.79 Å². The number of halogens is 3. The van der Waals surface area contributed by atoms with Gasteiger partial charge in [0.15, 0.2) is 0 Å². The van der Waals surface area contributed by atoms with E-state index < -0.39 is 0 Å². The average molecular weight is 340 g/mol. The summed E-state index contributed by atoms with van der Waals surface area (Å²) in [5.41, 5.74) is 1.05. The van der Waals surface area contributed by atoms with Gasteiger partial charge in [0.25, 0.3) is 0 Å². The summed E-state index contributed by atoms with van der Waals surface area (Å²) in [6.45, 7) is 1.57. The number of rotatable bonds is 3. The number of hydrogen-bond donors (Lipinski definition) is 0. The predicted molar refractivity (Wildman–Crippen MR) is 66.3 cm³/mol. The van der Waals surface area contributed by atoms with E-state index in [1.807, 2.05) is 18.2 Å². The number of benzene rings is 1. The normalized spacial score (nSPS) is 12.6. The topological polar surface area (TPSA) is 17.1 Å². The van der Waals surface area contributed by atoms with Crippen molar-refractivity contribution in [3.63, 3.8) is 0 Å². The molecule has 0 bridgehead atoms. The van der Waals surface area contributed by atoms with Gasteiger partial charge in [-0.15, -0.1) is 0 Å². The van der Waals surface area contributed by atoms with Crippen LogP contribution in [0.15, 0.2) is 22.7 Å². The van der Waals surface area contributed by atoms with Crippen LogP contribution in [0.4, 0.5) is 0 Å². The molecule has 0 heterocycles. The zero-order valence-corrected chi connectivity index (χ0v) is 11.5. The molecule has 1 atom stereocenters. The van der Waals surface area contributed by atoms with Crippen molar-refractivity contribution in [2.45, 2.75) is 18.2 Å². The van der Waals surface area contributed by atoms with Crippen molar-refractivity contribution < 1.29 is 4.79 Å². The van der Waals surface area contributed by atoms with E-state index in [0.717, 1.165) is 10.0 Å². The molecule has 14 heavy (non-hydrogen) atoms. The van der Waals surface area contributed by atoms with E-state index in [-0.39, 0.29) is 10.6 Å². The molecule has 4 heteroatoms.